The molecule has 1 fully saturated rings. The average molecular weight is 376 g/mol. The Labute approximate surface area is 161 Å². The van der Waals surface area contributed by atoms with E-state index in [1.807, 2.05) is 45.9 Å². The van der Waals surface area contributed by atoms with Crippen molar-refractivity contribution in [2.45, 2.75) is 25.4 Å². The minimum atomic E-state index is 0.0513. The number of piperidine rings is 1. The van der Waals surface area contributed by atoms with Crippen LogP contribution in [0.3, 0.4) is 0 Å². The molecule has 2 bridgehead atoms. The molecule has 4 heterocycles. The molecule has 142 valence electrons. The Hall–Kier alpha value is -3.29. The number of amides is 1. The number of tetrazole rings is 1. The number of benzene rings is 1. The summed E-state index contributed by atoms with van der Waals surface area (Å²) in [5.74, 6) is 0.606. The van der Waals surface area contributed by atoms with E-state index in [4.69, 9.17) is 0 Å². The first-order chi connectivity index (χ1) is 13.7. The van der Waals surface area contributed by atoms with E-state index in [1.54, 1.807) is 17.1 Å². The number of carbonyl (C=O) groups is 1. The van der Waals surface area contributed by atoms with Gasteiger partial charge in [0.05, 0.1) is 6.54 Å². The van der Waals surface area contributed by atoms with Crippen molar-refractivity contribution in [1.29, 1.82) is 0 Å². The summed E-state index contributed by atoms with van der Waals surface area (Å²) in [4.78, 5) is 27.1. The van der Waals surface area contributed by atoms with Crippen LogP contribution in [0.2, 0.25) is 0 Å². The van der Waals surface area contributed by atoms with Crippen molar-refractivity contribution in [3.8, 4) is 0 Å². The van der Waals surface area contributed by atoms with Crippen LogP contribution in [0, 0.1) is 5.92 Å². The third kappa shape index (κ3) is 3.00. The highest BCUT2D eigenvalue weighted by atomic mass is 16.2. The van der Waals surface area contributed by atoms with Gasteiger partial charge in [0.15, 0.2) is 0 Å². The second kappa shape index (κ2) is 6.70. The summed E-state index contributed by atoms with van der Waals surface area (Å²) in [6, 6.07) is 13.1. The Kier molecular flexibility index (Phi) is 4.03. The number of rotatable bonds is 3. The normalized spacial score (nSPS) is 20.6. The van der Waals surface area contributed by atoms with Crippen LogP contribution in [0.4, 0.5) is 0 Å². The van der Waals surface area contributed by atoms with Crippen molar-refractivity contribution in [2.75, 3.05) is 13.1 Å². The molecule has 8 nitrogen and oxygen atoms in total. The first-order valence-electron chi connectivity index (χ1n) is 9.46. The van der Waals surface area contributed by atoms with Crippen LogP contribution in [0.25, 0.3) is 0 Å². The van der Waals surface area contributed by atoms with E-state index in [9.17, 15) is 9.59 Å². The zero-order valence-electron chi connectivity index (χ0n) is 15.3. The maximum absolute atomic E-state index is 13.1. The minimum absolute atomic E-state index is 0.0513. The van der Waals surface area contributed by atoms with Gasteiger partial charge < -0.3 is 9.47 Å². The number of nitrogens with zero attached hydrogens (tertiary/aromatic N) is 6. The molecule has 2 atom stereocenters. The van der Waals surface area contributed by atoms with Gasteiger partial charge in [-0.3, -0.25) is 9.59 Å². The van der Waals surface area contributed by atoms with E-state index in [-0.39, 0.29) is 17.4 Å². The zero-order chi connectivity index (χ0) is 19.1. The molecule has 0 radical (unpaired) electrons. The van der Waals surface area contributed by atoms with Gasteiger partial charge in [-0.05, 0) is 46.5 Å². The lowest BCUT2D eigenvalue weighted by Crippen LogP contribution is -2.49. The Bertz CT molecular complexity index is 1060. The summed E-state index contributed by atoms with van der Waals surface area (Å²) in [5.41, 5.74) is 2.83. The molecule has 2 aliphatic heterocycles. The van der Waals surface area contributed by atoms with Gasteiger partial charge in [-0.2, -0.15) is 0 Å². The fourth-order valence-electron chi connectivity index (χ4n) is 4.44. The molecule has 0 N–H and O–H groups in total. The second-order valence-corrected chi connectivity index (χ2v) is 7.61. The van der Waals surface area contributed by atoms with E-state index in [2.05, 4.69) is 15.5 Å². The third-order valence-corrected chi connectivity index (χ3v) is 5.70. The molecule has 2 aliphatic rings. The maximum Gasteiger partial charge on any atom is 0.253 e. The molecule has 1 aromatic carbocycles. The average Bonchev–Trinajstić information content (AvgIpc) is 3.22. The summed E-state index contributed by atoms with van der Waals surface area (Å²) < 4.78 is 3.52. The topological polar surface area (TPSA) is 85.9 Å². The van der Waals surface area contributed by atoms with E-state index >= 15 is 0 Å². The van der Waals surface area contributed by atoms with Crippen molar-refractivity contribution in [1.82, 2.24) is 29.7 Å². The van der Waals surface area contributed by atoms with Crippen molar-refractivity contribution in [2.24, 2.45) is 5.92 Å². The molecule has 3 aromatic rings. The van der Waals surface area contributed by atoms with Gasteiger partial charge in [-0.15, -0.1) is 5.10 Å². The van der Waals surface area contributed by atoms with Gasteiger partial charge in [0.25, 0.3) is 11.5 Å². The zero-order valence-corrected chi connectivity index (χ0v) is 15.3. The molecule has 0 spiro atoms. The van der Waals surface area contributed by atoms with Crippen LogP contribution in [-0.4, -0.2) is 48.7 Å². The van der Waals surface area contributed by atoms with Crippen LogP contribution in [0.5, 0.6) is 0 Å². The lowest BCUT2D eigenvalue weighted by molar-refractivity contribution is 0.0594. The minimum Gasteiger partial charge on any atom is -0.338 e. The Morgan fingerprint density at radius 3 is 2.71 bits per heavy atom. The van der Waals surface area contributed by atoms with Crippen LogP contribution >= 0.6 is 0 Å². The van der Waals surface area contributed by atoms with E-state index in [0.717, 1.165) is 17.7 Å². The predicted octanol–water partition coefficient (Wildman–Crippen LogP) is 1.14. The maximum atomic E-state index is 13.1. The summed E-state index contributed by atoms with van der Waals surface area (Å²) in [6.07, 6.45) is 2.60. The van der Waals surface area contributed by atoms with E-state index in [0.29, 0.717) is 37.7 Å². The summed E-state index contributed by atoms with van der Waals surface area (Å²) in [7, 11) is 0. The Morgan fingerprint density at radius 1 is 1.07 bits per heavy atom. The largest absolute Gasteiger partial charge is 0.338 e. The number of fused-ring (bicyclic) bond motifs is 4. The molecule has 0 unspecified atom stereocenters. The van der Waals surface area contributed by atoms with E-state index in [1.165, 1.54) is 0 Å². The highest BCUT2D eigenvalue weighted by molar-refractivity contribution is 5.94. The SMILES string of the molecule is O=C(c1ccc(Cn2cnnn2)cc1)N1C[C@H]2C[C@@H](C1)c1cccc(=O)n1C2. The van der Waals surface area contributed by atoms with Crippen molar-refractivity contribution >= 4 is 5.91 Å². The van der Waals surface area contributed by atoms with Crippen LogP contribution in [0.1, 0.15) is 34.0 Å². The fraction of sp³-hybridized carbons (Fsp3) is 0.350. The molecule has 0 saturated carbocycles. The van der Waals surface area contributed by atoms with Crippen LogP contribution < -0.4 is 5.56 Å². The third-order valence-electron chi connectivity index (χ3n) is 5.70. The molecular weight excluding hydrogens is 356 g/mol. The molecule has 1 amide bonds. The quantitative estimate of drug-likeness (QED) is 0.684. The first-order valence-corrected chi connectivity index (χ1v) is 9.46. The monoisotopic (exact) mass is 376 g/mol. The number of carbonyl (C=O) groups excluding carboxylic acids is 1. The molecule has 2 aromatic heterocycles. The van der Waals surface area contributed by atoms with Gasteiger partial charge in [-0.25, -0.2) is 4.68 Å². The standard InChI is InChI=1S/C20H20N6O2/c27-19-3-1-2-18-17-8-15(11-26(18)19)9-24(12-17)20(28)16-6-4-14(5-7-16)10-25-13-21-22-23-25/h1-7,13,15,17H,8-12H2/t15-,17+/m1/s1. The Morgan fingerprint density at radius 2 is 1.93 bits per heavy atom. The molecule has 28 heavy (non-hydrogen) atoms. The van der Waals surface area contributed by atoms with Gasteiger partial charge >= 0.3 is 0 Å². The lowest BCUT2D eigenvalue weighted by atomic mass is 9.83. The van der Waals surface area contributed by atoms with E-state index < -0.39 is 0 Å². The first kappa shape index (κ1) is 16.9. The van der Waals surface area contributed by atoms with Gasteiger partial charge in [-0.1, -0.05) is 18.2 Å². The number of hydrogen-bond donors (Lipinski definition) is 0. The fourth-order valence-corrected chi connectivity index (χ4v) is 4.44. The number of aromatic nitrogens is 5. The van der Waals surface area contributed by atoms with Gasteiger partial charge in [0.1, 0.15) is 6.33 Å². The smallest absolute Gasteiger partial charge is 0.253 e. The molecule has 5 rings (SSSR count). The predicted molar refractivity (Wildman–Crippen MR) is 101 cm³/mol. The Balaban J connectivity index is 1.33. The lowest BCUT2D eigenvalue weighted by Gasteiger charge is -2.42. The van der Waals surface area contributed by atoms with Crippen LogP contribution in [0.15, 0.2) is 53.6 Å². The molecule has 0 aliphatic carbocycles. The van der Waals surface area contributed by atoms with Crippen molar-refractivity contribution in [3.63, 3.8) is 0 Å². The molecule has 1 saturated heterocycles. The van der Waals surface area contributed by atoms with Crippen LogP contribution in [-0.2, 0) is 13.1 Å². The highest BCUT2D eigenvalue weighted by Crippen LogP contribution is 2.35. The molecular formula is C20H20N6O2. The summed E-state index contributed by atoms with van der Waals surface area (Å²) in [6.45, 7) is 2.62. The summed E-state index contributed by atoms with van der Waals surface area (Å²) >= 11 is 0. The van der Waals surface area contributed by atoms with Gasteiger partial charge in [0.2, 0.25) is 0 Å². The molecule has 8 heteroatoms. The van der Waals surface area contributed by atoms with Crippen molar-refractivity contribution < 1.29 is 4.79 Å². The highest BCUT2D eigenvalue weighted by Gasteiger charge is 2.36. The van der Waals surface area contributed by atoms with Crippen molar-refractivity contribution in [3.05, 3.63) is 76.0 Å². The summed E-state index contributed by atoms with van der Waals surface area (Å²) in [5, 5.41) is 11.1. The number of likely N-dealkylation sites (tertiary alicyclic amines) is 1. The number of pyridine rings is 1. The van der Waals surface area contributed by atoms with Gasteiger partial charge in [0, 0.05) is 42.9 Å². The second-order valence-electron chi connectivity index (χ2n) is 7.61. The number of hydrogen-bond acceptors (Lipinski definition) is 5.